The molecule has 1 N–H and O–H groups in total. The van der Waals surface area contributed by atoms with E-state index in [4.69, 9.17) is 23.9 Å². The number of anilines is 1. The van der Waals surface area contributed by atoms with Crippen molar-refractivity contribution >= 4 is 34.3 Å². The number of fused-ring (bicyclic) bond motifs is 1. The first kappa shape index (κ1) is 27.8. The number of hydrogen-bond donors (Lipinski definition) is 1. The van der Waals surface area contributed by atoms with Crippen molar-refractivity contribution in [3.63, 3.8) is 0 Å². The van der Waals surface area contributed by atoms with E-state index in [-0.39, 0.29) is 18.0 Å². The molecule has 10 heteroatoms. The summed E-state index contributed by atoms with van der Waals surface area (Å²) in [5, 5.41) is 3.25. The normalized spacial score (nSPS) is 11.6. The highest BCUT2D eigenvalue weighted by atomic mass is 32.2. The lowest BCUT2D eigenvalue weighted by Gasteiger charge is -2.19. The van der Waals surface area contributed by atoms with Gasteiger partial charge in [0.1, 0.15) is 11.5 Å². The molecule has 0 aliphatic heterocycles. The van der Waals surface area contributed by atoms with Crippen molar-refractivity contribution in [1.29, 1.82) is 0 Å². The van der Waals surface area contributed by atoms with Crippen LogP contribution in [0.5, 0.6) is 23.0 Å². The molecular weight excluding hydrogens is 518 g/mol. The van der Waals surface area contributed by atoms with Crippen molar-refractivity contribution in [1.82, 2.24) is 9.55 Å². The highest BCUT2D eigenvalue weighted by Crippen LogP contribution is 2.32. The maximum absolute atomic E-state index is 13.8. The first-order valence-electron chi connectivity index (χ1n) is 12.3. The Hall–Kier alpha value is -4.18. The van der Waals surface area contributed by atoms with Crippen LogP contribution in [0.15, 0.2) is 70.6 Å². The number of ether oxygens (including phenoxy) is 4. The van der Waals surface area contributed by atoms with E-state index < -0.39 is 5.25 Å². The Morgan fingerprint density at radius 1 is 0.923 bits per heavy atom. The summed E-state index contributed by atoms with van der Waals surface area (Å²) in [6.45, 7) is 2.18. The van der Waals surface area contributed by atoms with Gasteiger partial charge in [-0.1, -0.05) is 36.9 Å². The molecule has 0 saturated heterocycles. The van der Waals surface area contributed by atoms with Gasteiger partial charge < -0.3 is 24.3 Å². The smallest absolute Gasteiger partial charge is 0.262 e. The lowest BCUT2D eigenvalue weighted by molar-refractivity contribution is -0.115. The van der Waals surface area contributed by atoms with Crippen LogP contribution in [-0.4, -0.2) is 49.1 Å². The van der Waals surface area contributed by atoms with Crippen LogP contribution >= 0.6 is 11.8 Å². The van der Waals surface area contributed by atoms with E-state index in [0.29, 0.717) is 45.4 Å². The molecule has 0 saturated carbocycles. The fourth-order valence-corrected chi connectivity index (χ4v) is 5.06. The molecule has 4 rings (SSSR count). The quantitative estimate of drug-likeness (QED) is 0.206. The van der Waals surface area contributed by atoms with Crippen LogP contribution in [0.1, 0.15) is 18.9 Å². The van der Waals surface area contributed by atoms with Gasteiger partial charge in [-0.3, -0.25) is 14.2 Å². The number of hydrogen-bond acceptors (Lipinski definition) is 8. The predicted octanol–water partition coefficient (Wildman–Crippen LogP) is 4.99. The molecule has 39 heavy (non-hydrogen) atoms. The van der Waals surface area contributed by atoms with Crippen LogP contribution in [0.2, 0.25) is 0 Å². The first-order chi connectivity index (χ1) is 18.9. The molecule has 0 aliphatic carbocycles. The van der Waals surface area contributed by atoms with Gasteiger partial charge in [0, 0.05) is 17.8 Å². The van der Waals surface area contributed by atoms with Crippen LogP contribution in [0.25, 0.3) is 10.9 Å². The molecule has 1 atom stereocenters. The zero-order valence-electron chi connectivity index (χ0n) is 22.5. The minimum absolute atomic E-state index is 0.201. The van der Waals surface area contributed by atoms with E-state index in [1.54, 1.807) is 43.1 Å². The Bertz CT molecular complexity index is 1520. The number of amides is 1. The number of rotatable bonds is 11. The van der Waals surface area contributed by atoms with Crippen LogP contribution in [-0.2, 0) is 11.3 Å². The van der Waals surface area contributed by atoms with Gasteiger partial charge in [0.15, 0.2) is 16.7 Å². The molecule has 0 aliphatic rings. The molecular formula is C29H31N3O6S. The SMILES string of the molecule is CCC(Sc1nc2cc(OC)c(OC)cc2c(=O)n1Cc1ccc(OC)cc1)C(=O)Nc1cccc(OC)c1. The maximum Gasteiger partial charge on any atom is 0.262 e. The summed E-state index contributed by atoms with van der Waals surface area (Å²) in [6.07, 6.45) is 0.517. The first-order valence-corrected chi connectivity index (χ1v) is 13.2. The van der Waals surface area contributed by atoms with E-state index in [1.807, 2.05) is 43.3 Å². The highest BCUT2D eigenvalue weighted by Gasteiger charge is 2.23. The van der Waals surface area contributed by atoms with Gasteiger partial charge in [-0.2, -0.15) is 0 Å². The van der Waals surface area contributed by atoms with Crippen LogP contribution in [0.3, 0.4) is 0 Å². The lowest BCUT2D eigenvalue weighted by atomic mass is 10.2. The molecule has 1 heterocycles. The number of carbonyl (C=O) groups excluding carboxylic acids is 1. The molecule has 0 radical (unpaired) electrons. The van der Waals surface area contributed by atoms with Gasteiger partial charge in [0.05, 0.1) is 51.1 Å². The molecule has 4 aromatic rings. The van der Waals surface area contributed by atoms with Gasteiger partial charge in [-0.15, -0.1) is 0 Å². The van der Waals surface area contributed by atoms with Crippen molar-refractivity contribution in [3.05, 3.63) is 76.6 Å². The van der Waals surface area contributed by atoms with Crippen LogP contribution < -0.4 is 29.8 Å². The summed E-state index contributed by atoms with van der Waals surface area (Å²) >= 11 is 1.24. The number of nitrogens with zero attached hydrogens (tertiary/aromatic N) is 2. The van der Waals surface area contributed by atoms with Crippen molar-refractivity contribution in [2.45, 2.75) is 30.3 Å². The van der Waals surface area contributed by atoms with Crippen molar-refractivity contribution in [3.8, 4) is 23.0 Å². The Labute approximate surface area is 231 Å². The number of methoxy groups -OCH3 is 4. The number of aromatic nitrogens is 2. The average molecular weight is 550 g/mol. The molecule has 3 aromatic carbocycles. The number of nitrogens with one attached hydrogen (secondary N) is 1. The summed E-state index contributed by atoms with van der Waals surface area (Å²) in [5.74, 6) is 2.05. The van der Waals surface area contributed by atoms with E-state index in [0.717, 1.165) is 11.3 Å². The minimum Gasteiger partial charge on any atom is -0.497 e. The standard InChI is InChI=1S/C29H31N3O6S/c1-6-26(27(33)30-19-8-7-9-21(14-19)36-3)39-29-31-23-16-25(38-5)24(37-4)15-22(23)28(34)32(29)17-18-10-12-20(35-2)13-11-18/h7-16,26H,6,17H2,1-5H3,(H,30,33). The largest absolute Gasteiger partial charge is 0.497 e. The van der Waals surface area contributed by atoms with Crippen molar-refractivity contribution < 1.29 is 23.7 Å². The third kappa shape index (κ3) is 6.28. The summed E-state index contributed by atoms with van der Waals surface area (Å²) in [4.78, 5) is 31.9. The van der Waals surface area contributed by atoms with Crippen LogP contribution in [0.4, 0.5) is 5.69 Å². The van der Waals surface area contributed by atoms with E-state index in [2.05, 4.69) is 5.32 Å². The number of benzene rings is 3. The second-order valence-electron chi connectivity index (χ2n) is 8.59. The second kappa shape index (κ2) is 12.6. The number of thioether (sulfide) groups is 1. The lowest BCUT2D eigenvalue weighted by Crippen LogP contribution is -2.28. The number of carbonyl (C=O) groups is 1. The molecule has 1 amide bonds. The minimum atomic E-state index is -0.511. The van der Waals surface area contributed by atoms with Gasteiger partial charge >= 0.3 is 0 Å². The second-order valence-corrected chi connectivity index (χ2v) is 9.76. The fraction of sp³-hybridized carbons (Fsp3) is 0.276. The molecule has 1 unspecified atom stereocenters. The van der Waals surface area contributed by atoms with Gasteiger partial charge in [0.2, 0.25) is 5.91 Å². The van der Waals surface area contributed by atoms with Crippen molar-refractivity contribution in [2.24, 2.45) is 0 Å². The van der Waals surface area contributed by atoms with Gasteiger partial charge in [-0.05, 0) is 42.3 Å². The zero-order chi connectivity index (χ0) is 27.9. The Morgan fingerprint density at radius 3 is 2.26 bits per heavy atom. The molecule has 9 nitrogen and oxygen atoms in total. The topological polar surface area (TPSA) is 101 Å². The summed E-state index contributed by atoms with van der Waals surface area (Å²) in [5.41, 5.74) is 1.71. The van der Waals surface area contributed by atoms with Crippen molar-refractivity contribution in [2.75, 3.05) is 33.8 Å². The van der Waals surface area contributed by atoms with E-state index in [9.17, 15) is 9.59 Å². The molecule has 1 aromatic heterocycles. The predicted molar refractivity (Wildman–Crippen MR) is 153 cm³/mol. The third-order valence-electron chi connectivity index (χ3n) is 6.17. The molecule has 0 fully saturated rings. The van der Waals surface area contributed by atoms with E-state index in [1.165, 1.54) is 26.0 Å². The fourth-order valence-electron chi connectivity index (χ4n) is 4.04. The zero-order valence-corrected chi connectivity index (χ0v) is 23.3. The Balaban J connectivity index is 1.75. The highest BCUT2D eigenvalue weighted by molar-refractivity contribution is 8.00. The summed E-state index contributed by atoms with van der Waals surface area (Å²) in [6, 6.07) is 17.9. The van der Waals surface area contributed by atoms with Crippen LogP contribution in [0, 0.1) is 0 Å². The molecule has 0 bridgehead atoms. The third-order valence-corrected chi connectivity index (χ3v) is 7.53. The monoisotopic (exact) mass is 549 g/mol. The average Bonchev–Trinajstić information content (AvgIpc) is 2.97. The van der Waals surface area contributed by atoms with Gasteiger partial charge in [-0.25, -0.2) is 4.98 Å². The van der Waals surface area contributed by atoms with E-state index >= 15 is 0 Å². The van der Waals surface area contributed by atoms with Gasteiger partial charge in [0.25, 0.3) is 5.56 Å². The Kier molecular flexibility index (Phi) is 8.98. The summed E-state index contributed by atoms with van der Waals surface area (Å²) in [7, 11) is 6.22. The summed E-state index contributed by atoms with van der Waals surface area (Å²) < 4.78 is 23.0. The molecule has 0 spiro atoms. The Morgan fingerprint density at radius 2 is 1.62 bits per heavy atom. The maximum atomic E-state index is 13.8. The molecule has 204 valence electrons.